The zero-order valence-electron chi connectivity index (χ0n) is 11.9. The van der Waals surface area contributed by atoms with Gasteiger partial charge in [0, 0.05) is 23.5 Å². The molecule has 22 heavy (non-hydrogen) atoms. The van der Waals surface area contributed by atoms with Crippen LogP contribution in [0, 0.1) is 0 Å². The van der Waals surface area contributed by atoms with E-state index in [1.165, 1.54) is 5.56 Å². The van der Waals surface area contributed by atoms with Gasteiger partial charge in [0.05, 0.1) is 13.3 Å². The van der Waals surface area contributed by atoms with Gasteiger partial charge in [0.15, 0.2) is 5.65 Å². The Balaban J connectivity index is 1.79. The lowest BCUT2D eigenvalue weighted by molar-refractivity contribution is 0.415. The van der Waals surface area contributed by atoms with Crippen LogP contribution >= 0.6 is 11.3 Å². The molecule has 3 heterocycles. The van der Waals surface area contributed by atoms with Crippen LogP contribution in [0.25, 0.3) is 27.9 Å². The Bertz CT molecular complexity index is 911. The maximum absolute atomic E-state index is 5.20. The zero-order chi connectivity index (χ0) is 14.9. The Morgan fingerprint density at radius 3 is 2.59 bits per heavy atom. The van der Waals surface area contributed by atoms with Crippen LogP contribution in [-0.4, -0.2) is 21.7 Å². The van der Waals surface area contributed by atoms with Gasteiger partial charge in [0.2, 0.25) is 0 Å². The molecule has 0 fully saturated rings. The largest absolute Gasteiger partial charge is 0.497 e. The molecule has 0 unspecified atom stereocenters. The molecule has 0 aliphatic carbocycles. The number of hydrogen-bond donors (Lipinski definition) is 0. The highest BCUT2D eigenvalue weighted by Gasteiger charge is 2.09. The minimum absolute atomic E-state index is 0.841. The van der Waals surface area contributed by atoms with Gasteiger partial charge in [-0.05, 0) is 40.1 Å². The van der Waals surface area contributed by atoms with Crippen LogP contribution < -0.4 is 4.74 Å². The van der Waals surface area contributed by atoms with Gasteiger partial charge < -0.3 is 4.74 Å². The van der Waals surface area contributed by atoms with E-state index in [0.29, 0.717) is 0 Å². The van der Waals surface area contributed by atoms with E-state index < -0.39 is 0 Å². The highest BCUT2D eigenvalue weighted by Crippen LogP contribution is 2.27. The summed E-state index contributed by atoms with van der Waals surface area (Å²) < 4.78 is 7.02. The van der Waals surface area contributed by atoms with E-state index in [1.54, 1.807) is 18.4 Å². The predicted octanol–water partition coefficient (Wildman–Crippen LogP) is 4.13. The van der Waals surface area contributed by atoms with Crippen LogP contribution in [-0.2, 0) is 0 Å². The molecule has 0 radical (unpaired) electrons. The van der Waals surface area contributed by atoms with Crippen molar-refractivity contribution in [2.24, 2.45) is 0 Å². The number of fused-ring (bicyclic) bond motifs is 1. The number of nitrogens with zero attached hydrogens (tertiary/aromatic N) is 3. The fraction of sp³-hybridized carbons (Fsp3) is 0.0588. The third-order valence-corrected chi connectivity index (χ3v) is 4.30. The smallest absolute Gasteiger partial charge is 0.162 e. The predicted molar refractivity (Wildman–Crippen MR) is 88.3 cm³/mol. The Hall–Kier alpha value is -2.66. The average molecular weight is 307 g/mol. The molecular weight excluding hydrogens is 294 g/mol. The third-order valence-electron chi connectivity index (χ3n) is 3.61. The molecule has 4 nitrogen and oxygen atoms in total. The van der Waals surface area contributed by atoms with Crippen molar-refractivity contribution in [3.05, 3.63) is 59.7 Å². The third kappa shape index (κ3) is 2.16. The van der Waals surface area contributed by atoms with Gasteiger partial charge in [0.25, 0.3) is 0 Å². The molecule has 1 aromatic carbocycles. The molecule has 5 heteroatoms. The zero-order valence-corrected chi connectivity index (χ0v) is 12.7. The van der Waals surface area contributed by atoms with Crippen molar-refractivity contribution >= 4 is 17.0 Å². The molecule has 0 spiro atoms. The summed E-state index contributed by atoms with van der Waals surface area (Å²) in [6.45, 7) is 0. The van der Waals surface area contributed by atoms with E-state index in [4.69, 9.17) is 4.74 Å². The number of hydrogen-bond acceptors (Lipinski definition) is 4. The molecule has 0 bridgehead atoms. The van der Waals surface area contributed by atoms with Crippen LogP contribution in [0.3, 0.4) is 0 Å². The van der Waals surface area contributed by atoms with Crippen molar-refractivity contribution in [1.82, 2.24) is 14.6 Å². The van der Waals surface area contributed by atoms with E-state index in [1.807, 2.05) is 47.4 Å². The van der Waals surface area contributed by atoms with Crippen molar-refractivity contribution in [3.8, 4) is 28.0 Å². The topological polar surface area (TPSA) is 39.4 Å². The van der Waals surface area contributed by atoms with Gasteiger partial charge in [0.1, 0.15) is 5.75 Å². The first-order valence-electron chi connectivity index (χ1n) is 6.85. The molecule has 0 amide bonds. The van der Waals surface area contributed by atoms with Crippen LogP contribution in [0.5, 0.6) is 5.75 Å². The summed E-state index contributed by atoms with van der Waals surface area (Å²) in [6, 6.07) is 10.0. The first-order valence-corrected chi connectivity index (χ1v) is 7.80. The number of benzene rings is 1. The van der Waals surface area contributed by atoms with Gasteiger partial charge in [-0.3, -0.25) is 0 Å². The summed E-state index contributed by atoms with van der Waals surface area (Å²) in [5.74, 6) is 0.841. The highest BCUT2D eigenvalue weighted by molar-refractivity contribution is 7.08. The minimum atomic E-state index is 0.841. The molecule has 0 saturated carbocycles. The monoisotopic (exact) mass is 307 g/mol. The molecule has 4 rings (SSSR count). The Morgan fingerprint density at radius 1 is 1.00 bits per heavy atom. The molecule has 0 N–H and O–H groups in total. The quantitative estimate of drug-likeness (QED) is 0.571. The molecule has 108 valence electrons. The average Bonchev–Trinajstić information content (AvgIpc) is 3.24. The summed E-state index contributed by atoms with van der Waals surface area (Å²) in [5, 5.41) is 8.60. The second kappa shape index (κ2) is 5.27. The molecule has 0 aliphatic heterocycles. The van der Waals surface area contributed by atoms with Crippen molar-refractivity contribution in [2.45, 2.75) is 0 Å². The number of ether oxygens (including phenoxy) is 1. The second-order valence-electron chi connectivity index (χ2n) is 4.91. The van der Waals surface area contributed by atoms with Crippen molar-refractivity contribution in [1.29, 1.82) is 0 Å². The van der Waals surface area contributed by atoms with E-state index >= 15 is 0 Å². The molecule has 4 aromatic rings. The van der Waals surface area contributed by atoms with Crippen LogP contribution in [0.1, 0.15) is 0 Å². The molecule has 0 atom stereocenters. The van der Waals surface area contributed by atoms with E-state index in [9.17, 15) is 0 Å². The summed E-state index contributed by atoms with van der Waals surface area (Å²) in [4.78, 5) is 4.59. The summed E-state index contributed by atoms with van der Waals surface area (Å²) in [6.07, 6.45) is 5.76. The fourth-order valence-electron chi connectivity index (χ4n) is 2.43. The van der Waals surface area contributed by atoms with Crippen LogP contribution in [0.2, 0.25) is 0 Å². The number of methoxy groups -OCH3 is 1. The lowest BCUT2D eigenvalue weighted by Crippen LogP contribution is -1.91. The normalized spacial score (nSPS) is 11.0. The summed E-state index contributed by atoms with van der Waals surface area (Å²) in [7, 11) is 1.66. The Kier molecular flexibility index (Phi) is 3.12. The molecule has 0 saturated heterocycles. The van der Waals surface area contributed by atoms with E-state index in [0.717, 1.165) is 28.1 Å². The second-order valence-corrected chi connectivity index (χ2v) is 5.69. The lowest BCUT2D eigenvalue weighted by atomic mass is 10.1. The number of aromatic nitrogens is 3. The van der Waals surface area contributed by atoms with Gasteiger partial charge in [-0.25, -0.2) is 9.50 Å². The van der Waals surface area contributed by atoms with Gasteiger partial charge in [-0.1, -0.05) is 12.1 Å². The van der Waals surface area contributed by atoms with Crippen molar-refractivity contribution in [3.63, 3.8) is 0 Å². The van der Waals surface area contributed by atoms with Crippen LogP contribution in [0.15, 0.2) is 59.7 Å². The highest BCUT2D eigenvalue weighted by atomic mass is 32.1. The van der Waals surface area contributed by atoms with Crippen molar-refractivity contribution < 1.29 is 4.74 Å². The minimum Gasteiger partial charge on any atom is -0.497 e. The van der Waals surface area contributed by atoms with Gasteiger partial charge in [-0.15, -0.1) is 0 Å². The van der Waals surface area contributed by atoms with Crippen molar-refractivity contribution in [2.75, 3.05) is 7.11 Å². The SMILES string of the molecule is COc1ccc(-c2cnn3cc(-c4ccsc4)cnc23)cc1. The molecular formula is C17H13N3OS. The summed E-state index contributed by atoms with van der Waals surface area (Å²) in [5.41, 5.74) is 5.18. The molecule has 3 aromatic heterocycles. The first-order chi connectivity index (χ1) is 10.8. The maximum Gasteiger partial charge on any atom is 0.162 e. The Labute approximate surface area is 131 Å². The van der Waals surface area contributed by atoms with Gasteiger partial charge >= 0.3 is 0 Å². The standard InChI is InChI=1S/C17H13N3OS/c1-21-15-4-2-12(3-5-15)16-9-19-20-10-14(8-18-17(16)20)13-6-7-22-11-13/h2-11H,1H3. The maximum atomic E-state index is 5.20. The number of thiophene rings is 1. The summed E-state index contributed by atoms with van der Waals surface area (Å²) >= 11 is 1.68. The van der Waals surface area contributed by atoms with Crippen LogP contribution in [0.4, 0.5) is 0 Å². The Morgan fingerprint density at radius 2 is 1.86 bits per heavy atom. The molecule has 0 aliphatic rings. The fourth-order valence-corrected chi connectivity index (χ4v) is 3.09. The first kappa shape index (κ1) is 13.0. The van der Waals surface area contributed by atoms with Gasteiger partial charge in [-0.2, -0.15) is 16.4 Å². The van der Waals surface area contributed by atoms with E-state index in [2.05, 4.69) is 26.9 Å². The van der Waals surface area contributed by atoms with E-state index in [-0.39, 0.29) is 0 Å². The number of rotatable bonds is 3. The lowest BCUT2D eigenvalue weighted by Gasteiger charge is -2.03.